The molecule has 0 aromatic heterocycles. The van der Waals surface area contributed by atoms with Crippen molar-refractivity contribution >= 4 is 11.4 Å². The fourth-order valence-corrected chi connectivity index (χ4v) is 1.99. The normalized spacial score (nSPS) is 12.8. The molecule has 1 atom stereocenters. The zero-order valence-corrected chi connectivity index (χ0v) is 12.9. The van der Waals surface area contributed by atoms with E-state index in [1.165, 1.54) is 6.42 Å². The molecule has 1 aromatic carbocycles. The molecule has 0 aliphatic rings. The largest absolute Gasteiger partial charge is 0.491 e. The number of anilines is 2. The topological polar surface area (TPSA) is 47.3 Å². The predicted octanol–water partition coefficient (Wildman–Crippen LogP) is 4.29. The summed E-state index contributed by atoms with van der Waals surface area (Å²) in [4.78, 5) is 0. The van der Waals surface area contributed by atoms with E-state index in [1.807, 2.05) is 32.0 Å². The Morgan fingerprint density at radius 3 is 2.32 bits per heavy atom. The van der Waals surface area contributed by atoms with E-state index < -0.39 is 0 Å². The Labute approximate surface area is 117 Å². The Morgan fingerprint density at radius 2 is 1.74 bits per heavy atom. The second kappa shape index (κ2) is 7.27. The molecule has 0 saturated carbocycles. The molecule has 1 rings (SSSR count). The van der Waals surface area contributed by atoms with Crippen LogP contribution in [0.4, 0.5) is 11.4 Å². The van der Waals surface area contributed by atoms with Gasteiger partial charge in [-0.05, 0) is 45.6 Å². The first kappa shape index (κ1) is 15.7. The van der Waals surface area contributed by atoms with E-state index in [4.69, 9.17) is 10.5 Å². The number of ether oxygens (including phenoxy) is 1. The highest BCUT2D eigenvalue weighted by atomic mass is 16.5. The molecule has 3 heteroatoms. The molecule has 1 aromatic rings. The Morgan fingerprint density at radius 1 is 1.05 bits per heavy atom. The van der Waals surface area contributed by atoms with Gasteiger partial charge in [0.1, 0.15) is 5.75 Å². The van der Waals surface area contributed by atoms with Gasteiger partial charge in [0.05, 0.1) is 6.10 Å². The van der Waals surface area contributed by atoms with Crippen LogP contribution in [0.15, 0.2) is 18.2 Å². The molecule has 0 bridgehead atoms. The third-order valence-electron chi connectivity index (χ3n) is 2.89. The molecule has 0 spiro atoms. The lowest BCUT2D eigenvalue weighted by Gasteiger charge is -2.18. The minimum Gasteiger partial charge on any atom is -0.491 e. The summed E-state index contributed by atoms with van der Waals surface area (Å²) >= 11 is 0. The summed E-state index contributed by atoms with van der Waals surface area (Å²) in [6.45, 7) is 10.7. The van der Waals surface area contributed by atoms with Gasteiger partial charge in [-0.1, -0.05) is 13.8 Å². The number of nitrogens with two attached hydrogens (primary N) is 1. The molecule has 19 heavy (non-hydrogen) atoms. The average Bonchev–Trinajstić information content (AvgIpc) is 2.24. The summed E-state index contributed by atoms with van der Waals surface area (Å²) < 4.78 is 5.70. The van der Waals surface area contributed by atoms with Gasteiger partial charge in [0.25, 0.3) is 0 Å². The maximum absolute atomic E-state index is 5.91. The van der Waals surface area contributed by atoms with Crippen molar-refractivity contribution in [3.05, 3.63) is 18.2 Å². The lowest BCUT2D eigenvalue weighted by molar-refractivity contribution is 0.242. The van der Waals surface area contributed by atoms with Crippen LogP contribution < -0.4 is 15.8 Å². The van der Waals surface area contributed by atoms with Crippen LogP contribution >= 0.6 is 0 Å². The molecule has 3 nitrogen and oxygen atoms in total. The Hall–Kier alpha value is -1.38. The van der Waals surface area contributed by atoms with E-state index in [2.05, 4.69) is 26.1 Å². The van der Waals surface area contributed by atoms with Gasteiger partial charge < -0.3 is 15.8 Å². The third-order valence-corrected chi connectivity index (χ3v) is 2.89. The van der Waals surface area contributed by atoms with Crippen LogP contribution in [0.1, 0.15) is 47.5 Å². The molecular weight excluding hydrogens is 236 g/mol. The van der Waals surface area contributed by atoms with Crippen molar-refractivity contribution in [2.75, 3.05) is 11.1 Å². The summed E-state index contributed by atoms with van der Waals surface area (Å²) in [5.74, 6) is 1.57. The van der Waals surface area contributed by atoms with Gasteiger partial charge in [-0.3, -0.25) is 0 Å². The first-order valence-electron chi connectivity index (χ1n) is 7.20. The van der Waals surface area contributed by atoms with Crippen molar-refractivity contribution in [1.82, 2.24) is 0 Å². The smallest absolute Gasteiger partial charge is 0.123 e. The second-order valence-corrected chi connectivity index (χ2v) is 5.97. The highest BCUT2D eigenvalue weighted by Crippen LogP contribution is 2.24. The summed E-state index contributed by atoms with van der Waals surface area (Å²) in [6, 6.07) is 6.28. The molecule has 0 fully saturated rings. The highest BCUT2D eigenvalue weighted by Gasteiger charge is 2.06. The summed E-state index contributed by atoms with van der Waals surface area (Å²) in [7, 11) is 0. The molecule has 0 amide bonds. The number of nitrogen functional groups attached to an aromatic ring is 1. The maximum Gasteiger partial charge on any atom is 0.123 e. The van der Waals surface area contributed by atoms with Gasteiger partial charge >= 0.3 is 0 Å². The van der Waals surface area contributed by atoms with Crippen LogP contribution in [0, 0.1) is 5.92 Å². The SMILES string of the molecule is CC(C)CCC(C)Nc1cc(N)cc(OC(C)C)c1. The van der Waals surface area contributed by atoms with Crippen LogP contribution in [0.2, 0.25) is 0 Å². The Balaban J connectivity index is 2.64. The van der Waals surface area contributed by atoms with Gasteiger partial charge in [0.2, 0.25) is 0 Å². The molecule has 0 aliphatic carbocycles. The molecule has 0 radical (unpaired) electrons. The van der Waals surface area contributed by atoms with Crippen LogP contribution in [0.3, 0.4) is 0 Å². The molecule has 0 aliphatic heterocycles. The number of hydrogen-bond acceptors (Lipinski definition) is 3. The van der Waals surface area contributed by atoms with E-state index in [1.54, 1.807) is 0 Å². The third kappa shape index (κ3) is 6.37. The molecule has 3 N–H and O–H groups in total. The predicted molar refractivity (Wildman–Crippen MR) is 83.8 cm³/mol. The monoisotopic (exact) mass is 264 g/mol. The summed E-state index contributed by atoms with van der Waals surface area (Å²) in [5.41, 5.74) is 7.68. The van der Waals surface area contributed by atoms with E-state index in [9.17, 15) is 0 Å². The van der Waals surface area contributed by atoms with Crippen LogP contribution in [-0.4, -0.2) is 12.1 Å². The van der Waals surface area contributed by atoms with E-state index >= 15 is 0 Å². The minimum atomic E-state index is 0.160. The summed E-state index contributed by atoms with van der Waals surface area (Å²) in [5, 5.41) is 3.49. The lowest BCUT2D eigenvalue weighted by atomic mass is 10.0. The van der Waals surface area contributed by atoms with Crippen molar-refractivity contribution in [1.29, 1.82) is 0 Å². The average molecular weight is 264 g/mol. The molecule has 108 valence electrons. The van der Waals surface area contributed by atoms with Crippen molar-refractivity contribution < 1.29 is 4.74 Å². The highest BCUT2D eigenvalue weighted by molar-refractivity contribution is 5.59. The zero-order valence-electron chi connectivity index (χ0n) is 12.9. The molecule has 0 saturated heterocycles. The quantitative estimate of drug-likeness (QED) is 0.722. The van der Waals surface area contributed by atoms with Gasteiger partial charge in [0.15, 0.2) is 0 Å². The molecular formula is C16H28N2O. The Kier molecular flexibility index (Phi) is 6.00. The van der Waals surface area contributed by atoms with E-state index in [0.29, 0.717) is 6.04 Å². The van der Waals surface area contributed by atoms with Crippen molar-refractivity contribution in [2.24, 2.45) is 5.92 Å². The van der Waals surface area contributed by atoms with Crippen LogP contribution in [0.25, 0.3) is 0 Å². The standard InChI is InChI=1S/C16H28N2O/c1-11(2)6-7-13(5)18-15-8-14(17)9-16(10-15)19-12(3)4/h8-13,18H,6-7,17H2,1-5H3. The minimum absolute atomic E-state index is 0.160. The summed E-state index contributed by atoms with van der Waals surface area (Å²) in [6.07, 6.45) is 2.55. The molecule has 1 unspecified atom stereocenters. The first-order valence-corrected chi connectivity index (χ1v) is 7.20. The van der Waals surface area contributed by atoms with E-state index in [-0.39, 0.29) is 6.10 Å². The first-order chi connectivity index (χ1) is 8.86. The number of nitrogens with one attached hydrogen (secondary N) is 1. The fourth-order valence-electron chi connectivity index (χ4n) is 1.99. The van der Waals surface area contributed by atoms with Crippen molar-refractivity contribution in [3.63, 3.8) is 0 Å². The van der Waals surface area contributed by atoms with Crippen molar-refractivity contribution in [3.8, 4) is 5.75 Å². The maximum atomic E-state index is 5.91. The van der Waals surface area contributed by atoms with Crippen molar-refractivity contribution in [2.45, 2.75) is 59.6 Å². The van der Waals surface area contributed by atoms with Crippen LogP contribution in [-0.2, 0) is 0 Å². The van der Waals surface area contributed by atoms with Gasteiger partial charge in [-0.25, -0.2) is 0 Å². The number of rotatable bonds is 7. The second-order valence-electron chi connectivity index (χ2n) is 5.97. The fraction of sp³-hybridized carbons (Fsp3) is 0.625. The van der Waals surface area contributed by atoms with Gasteiger partial charge in [-0.15, -0.1) is 0 Å². The van der Waals surface area contributed by atoms with Gasteiger partial charge in [-0.2, -0.15) is 0 Å². The van der Waals surface area contributed by atoms with E-state index in [0.717, 1.165) is 29.5 Å². The zero-order chi connectivity index (χ0) is 14.4. The van der Waals surface area contributed by atoms with Gasteiger partial charge in [0, 0.05) is 29.5 Å². The van der Waals surface area contributed by atoms with Crippen LogP contribution in [0.5, 0.6) is 5.75 Å². The lowest BCUT2D eigenvalue weighted by Crippen LogP contribution is -2.16. The Bertz CT molecular complexity index is 388. The number of hydrogen-bond donors (Lipinski definition) is 2. The molecule has 0 heterocycles. The number of benzene rings is 1.